The first-order valence-electron chi connectivity index (χ1n) is 9.35. The number of carbonyl (C=O) groups excluding carboxylic acids is 3. The topological polar surface area (TPSA) is 64.2 Å². The number of urea groups is 1. The summed E-state index contributed by atoms with van der Waals surface area (Å²) in [5.74, 6) is -1.44. The van der Waals surface area contributed by atoms with E-state index in [1.165, 1.54) is 5.69 Å². The van der Waals surface area contributed by atoms with Gasteiger partial charge in [0, 0.05) is 49.7 Å². The van der Waals surface area contributed by atoms with Crippen molar-refractivity contribution in [3.05, 3.63) is 52.7 Å². The Kier molecular flexibility index (Phi) is 5.40. The smallest absolute Gasteiger partial charge is 0.335 e. The first kappa shape index (κ1) is 18.6. The van der Waals surface area contributed by atoms with Crippen molar-refractivity contribution in [2.45, 2.75) is 6.42 Å². The minimum atomic E-state index is -0.721. The molecule has 8 heteroatoms. The molecule has 0 radical (unpaired) electrons. The number of hydrogen-bond donors (Lipinski definition) is 0. The molecule has 2 aliphatic rings. The largest absolute Gasteiger partial charge is 0.369 e. The van der Waals surface area contributed by atoms with Crippen LogP contribution in [-0.4, -0.2) is 71.9 Å². The fourth-order valence-corrected chi connectivity index (χ4v) is 4.23. The van der Waals surface area contributed by atoms with Crippen LogP contribution in [0, 0.1) is 0 Å². The predicted octanol–water partition coefficient (Wildman–Crippen LogP) is 1.86. The van der Waals surface area contributed by atoms with Gasteiger partial charge in [-0.25, -0.2) is 9.69 Å². The highest BCUT2D eigenvalue weighted by Gasteiger charge is 2.44. The van der Waals surface area contributed by atoms with Gasteiger partial charge in [-0.05, 0) is 23.6 Å². The average Bonchev–Trinajstić information content (AvgIpc) is 3.32. The average molecular weight is 398 g/mol. The van der Waals surface area contributed by atoms with Gasteiger partial charge in [-0.2, -0.15) is 0 Å². The molecule has 4 rings (SSSR count). The standard InChI is InChI=1S/C20H22N4O3S/c25-18-19(26)24(20(27)23(18)9-8-17-7-4-14-28-17)15-21-10-12-22(13-11-21)16-5-2-1-3-6-16/h1-7,14H,8-13,15H2. The van der Waals surface area contributed by atoms with Gasteiger partial charge < -0.3 is 4.90 Å². The second-order valence-electron chi connectivity index (χ2n) is 6.88. The van der Waals surface area contributed by atoms with E-state index in [4.69, 9.17) is 0 Å². The molecule has 2 aliphatic heterocycles. The van der Waals surface area contributed by atoms with Gasteiger partial charge in [-0.3, -0.25) is 19.4 Å². The fraction of sp³-hybridized carbons (Fsp3) is 0.350. The van der Waals surface area contributed by atoms with E-state index in [1.807, 2.05) is 40.6 Å². The fourth-order valence-electron chi connectivity index (χ4n) is 3.54. The van der Waals surface area contributed by atoms with Crippen LogP contribution in [0.4, 0.5) is 10.5 Å². The third kappa shape index (κ3) is 3.79. The molecule has 0 spiro atoms. The Morgan fingerprint density at radius 1 is 0.821 bits per heavy atom. The molecule has 0 N–H and O–H groups in total. The van der Waals surface area contributed by atoms with Gasteiger partial charge in [0.2, 0.25) is 0 Å². The van der Waals surface area contributed by atoms with Crippen molar-refractivity contribution in [3.8, 4) is 0 Å². The summed E-state index contributed by atoms with van der Waals surface area (Å²) in [6.07, 6.45) is 0.575. The normalized spacial score (nSPS) is 18.4. The first-order chi connectivity index (χ1) is 13.6. The zero-order valence-electron chi connectivity index (χ0n) is 15.5. The maximum Gasteiger partial charge on any atom is 0.335 e. The lowest BCUT2D eigenvalue weighted by Crippen LogP contribution is -2.51. The molecule has 0 bridgehead atoms. The van der Waals surface area contributed by atoms with Crippen molar-refractivity contribution in [1.82, 2.24) is 14.7 Å². The van der Waals surface area contributed by atoms with E-state index in [-0.39, 0.29) is 13.2 Å². The van der Waals surface area contributed by atoms with Gasteiger partial charge in [0.05, 0.1) is 6.67 Å². The van der Waals surface area contributed by atoms with Gasteiger partial charge in [-0.15, -0.1) is 11.3 Å². The van der Waals surface area contributed by atoms with E-state index in [0.29, 0.717) is 6.42 Å². The second kappa shape index (κ2) is 8.12. The summed E-state index contributed by atoms with van der Waals surface area (Å²) < 4.78 is 0. The molecule has 2 aromatic rings. The van der Waals surface area contributed by atoms with Crippen LogP contribution in [0.1, 0.15) is 4.88 Å². The number of amides is 4. The van der Waals surface area contributed by atoms with Crippen LogP contribution in [0.2, 0.25) is 0 Å². The van der Waals surface area contributed by atoms with Gasteiger partial charge in [0.25, 0.3) is 0 Å². The molecule has 28 heavy (non-hydrogen) atoms. The van der Waals surface area contributed by atoms with Gasteiger partial charge in [0.15, 0.2) is 0 Å². The second-order valence-corrected chi connectivity index (χ2v) is 7.92. The third-order valence-electron chi connectivity index (χ3n) is 5.13. The predicted molar refractivity (Wildman–Crippen MR) is 107 cm³/mol. The Hall–Kier alpha value is -2.71. The van der Waals surface area contributed by atoms with Gasteiger partial charge in [0.1, 0.15) is 0 Å². The highest BCUT2D eigenvalue weighted by atomic mass is 32.1. The minimum absolute atomic E-state index is 0.168. The number of imide groups is 2. The van der Waals surface area contributed by atoms with Crippen molar-refractivity contribution in [2.75, 3.05) is 44.3 Å². The monoisotopic (exact) mass is 398 g/mol. The quantitative estimate of drug-likeness (QED) is 0.549. The van der Waals surface area contributed by atoms with Crippen LogP contribution in [0.5, 0.6) is 0 Å². The molecule has 1 aromatic heterocycles. The van der Waals surface area contributed by atoms with Crippen LogP contribution >= 0.6 is 11.3 Å². The van der Waals surface area contributed by atoms with Crippen LogP contribution in [0.15, 0.2) is 47.8 Å². The lowest BCUT2D eigenvalue weighted by molar-refractivity contribution is -0.143. The number of thiophene rings is 1. The molecule has 4 amide bonds. The summed E-state index contributed by atoms with van der Waals surface area (Å²) in [4.78, 5) is 44.8. The number of hydrogen-bond acceptors (Lipinski definition) is 6. The van der Waals surface area contributed by atoms with Gasteiger partial charge in [-0.1, -0.05) is 24.3 Å². The van der Waals surface area contributed by atoms with Crippen molar-refractivity contribution in [3.63, 3.8) is 0 Å². The van der Waals surface area contributed by atoms with E-state index in [9.17, 15) is 14.4 Å². The maximum atomic E-state index is 12.6. The Morgan fingerprint density at radius 2 is 1.54 bits per heavy atom. The number of benzene rings is 1. The molecule has 0 unspecified atom stereocenters. The molecule has 2 fully saturated rings. The summed E-state index contributed by atoms with van der Waals surface area (Å²) in [6, 6.07) is 13.6. The summed E-state index contributed by atoms with van der Waals surface area (Å²) in [7, 11) is 0. The van der Waals surface area contributed by atoms with Crippen LogP contribution in [-0.2, 0) is 16.0 Å². The van der Waals surface area contributed by atoms with Crippen molar-refractivity contribution in [2.24, 2.45) is 0 Å². The molecule has 146 valence electrons. The summed E-state index contributed by atoms with van der Waals surface area (Å²) >= 11 is 1.58. The molecular formula is C20H22N4O3S. The van der Waals surface area contributed by atoms with Crippen LogP contribution < -0.4 is 4.90 Å². The highest BCUT2D eigenvalue weighted by Crippen LogP contribution is 2.18. The number of anilines is 1. The first-order valence-corrected chi connectivity index (χ1v) is 10.2. The number of carbonyl (C=O) groups is 3. The molecule has 1 aromatic carbocycles. The number of nitrogens with zero attached hydrogens (tertiary/aromatic N) is 4. The highest BCUT2D eigenvalue weighted by molar-refractivity contribution is 7.09. The Balaban J connectivity index is 1.32. The Labute approximate surface area is 167 Å². The van der Waals surface area contributed by atoms with Gasteiger partial charge >= 0.3 is 17.8 Å². The van der Waals surface area contributed by atoms with Crippen molar-refractivity contribution in [1.29, 1.82) is 0 Å². The maximum absolute atomic E-state index is 12.6. The van der Waals surface area contributed by atoms with Crippen LogP contribution in [0.25, 0.3) is 0 Å². The molecular weight excluding hydrogens is 376 g/mol. The molecule has 0 saturated carbocycles. The molecule has 7 nitrogen and oxygen atoms in total. The number of para-hydroxylation sites is 1. The third-order valence-corrected chi connectivity index (χ3v) is 6.07. The van der Waals surface area contributed by atoms with E-state index in [1.54, 1.807) is 11.3 Å². The number of rotatable bonds is 6. The SMILES string of the molecule is O=C1C(=O)N(CN2CCN(c3ccccc3)CC2)C(=O)N1CCc1cccs1. The van der Waals surface area contributed by atoms with E-state index in [0.717, 1.165) is 40.9 Å². The summed E-state index contributed by atoms with van der Waals surface area (Å²) in [5.41, 5.74) is 1.17. The lowest BCUT2D eigenvalue weighted by Gasteiger charge is -2.37. The zero-order chi connectivity index (χ0) is 19.5. The van der Waals surface area contributed by atoms with Crippen molar-refractivity contribution >= 4 is 34.9 Å². The summed E-state index contributed by atoms with van der Waals surface area (Å²) in [5, 5.41) is 1.95. The van der Waals surface area contributed by atoms with E-state index >= 15 is 0 Å². The van der Waals surface area contributed by atoms with E-state index < -0.39 is 17.8 Å². The zero-order valence-corrected chi connectivity index (χ0v) is 16.3. The number of piperazine rings is 1. The molecule has 0 atom stereocenters. The molecule has 3 heterocycles. The molecule has 2 saturated heterocycles. The van der Waals surface area contributed by atoms with Crippen LogP contribution in [0.3, 0.4) is 0 Å². The Morgan fingerprint density at radius 3 is 2.21 bits per heavy atom. The lowest BCUT2D eigenvalue weighted by atomic mass is 10.2. The van der Waals surface area contributed by atoms with Crippen molar-refractivity contribution < 1.29 is 14.4 Å². The van der Waals surface area contributed by atoms with E-state index in [2.05, 4.69) is 17.0 Å². The summed E-state index contributed by atoms with van der Waals surface area (Å²) in [6.45, 7) is 3.50. The Bertz CT molecular complexity index is 848. The minimum Gasteiger partial charge on any atom is -0.369 e. The molecule has 0 aliphatic carbocycles.